The summed E-state index contributed by atoms with van der Waals surface area (Å²) in [7, 11) is 0. The fraction of sp³-hybridized carbons (Fsp3) is 0.222. The van der Waals surface area contributed by atoms with E-state index in [-0.39, 0.29) is 11.8 Å². The molecule has 0 aromatic carbocycles. The van der Waals surface area contributed by atoms with E-state index in [0.717, 1.165) is 11.1 Å². The number of hydrogen-bond donors (Lipinski definition) is 2. The van der Waals surface area contributed by atoms with Crippen LogP contribution in [0.4, 0.5) is 0 Å². The van der Waals surface area contributed by atoms with E-state index in [4.69, 9.17) is 0 Å². The molecular formula is C18H20N6O2S. The fourth-order valence-electron chi connectivity index (χ4n) is 1.86. The molecule has 2 rings (SSSR count). The number of rotatable bonds is 8. The molecule has 140 valence electrons. The number of amides is 2. The number of carbonyl (C=O) groups is 2. The van der Waals surface area contributed by atoms with Crippen molar-refractivity contribution in [1.82, 2.24) is 20.8 Å². The minimum Gasteiger partial charge on any atom is -0.272 e. The van der Waals surface area contributed by atoms with Gasteiger partial charge in [-0.2, -0.15) is 10.2 Å². The van der Waals surface area contributed by atoms with Gasteiger partial charge in [0.1, 0.15) is 0 Å². The van der Waals surface area contributed by atoms with Crippen LogP contribution in [0.1, 0.15) is 25.0 Å². The lowest BCUT2D eigenvalue weighted by molar-refractivity contribution is -0.120. The van der Waals surface area contributed by atoms with Crippen LogP contribution in [0, 0.1) is 0 Å². The molecule has 2 amide bonds. The molecule has 2 unspecified atom stereocenters. The zero-order valence-corrected chi connectivity index (χ0v) is 15.8. The Morgan fingerprint density at radius 1 is 0.926 bits per heavy atom. The monoisotopic (exact) mass is 384 g/mol. The summed E-state index contributed by atoms with van der Waals surface area (Å²) in [4.78, 5) is 32.0. The van der Waals surface area contributed by atoms with Gasteiger partial charge in [0.2, 0.25) is 0 Å². The molecule has 27 heavy (non-hydrogen) atoms. The Labute approximate surface area is 161 Å². The van der Waals surface area contributed by atoms with Crippen LogP contribution in [0.5, 0.6) is 0 Å². The maximum atomic E-state index is 12.1. The molecule has 0 saturated carbocycles. The first kappa shape index (κ1) is 20.2. The standard InChI is InChI=1S/C18H20N6O2S/c1-13(17(25)23-21-11-15-5-3-7-19-9-15)27-14(2)18(26)24-22-12-16-6-4-8-20-10-16/h3-14H,1-2H3,(H,23,25)(H,24,26)/b21-11+,22-12?. The van der Waals surface area contributed by atoms with Crippen molar-refractivity contribution in [2.24, 2.45) is 10.2 Å². The molecule has 0 saturated heterocycles. The van der Waals surface area contributed by atoms with Crippen LogP contribution in [0.3, 0.4) is 0 Å². The summed E-state index contributed by atoms with van der Waals surface area (Å²) in [6, 6.07) is 7.19. The number of nitrogens with one attached hydrogen (secondary N) is 2. The highest BCUT2D eigenvalue weighted by Gasteiger charge is 2.21. The van der Waals surface area contributed by atoms with E-state index >= 15 is 0 Å². The maximum absolute atomic E-state index is 12.1. The van der Waals surface area contributed by atoms with Crippen LogP contribution < -0.4 is 10.9 Å². The predicted molar refractivity (Wildman–Crippen MR) is 106 cm³/mol. The summed E-state index contributed by atoms with van der Waals surface area (Å²) in [5.41, 5.74) is 6.46. The molecule has 9 heteroatoms. The third-order valence-corrected chi connectivity index (χ3v) is 4.54. The molecule has 0 radical (unpaired) electrons. The fourth-order valence-corrected chi connectivity index (χ4v) is 2.82. The summed E-state index contributed by atoms with van der Waals surface area (Å²) in [5, 5.41) is 6.86. The van der Waals surface area contributed by atoms with E-state index in [1.54, 1.807) is 50.8 Å². The Balaban J connectivity index is 1.75. The van der Waals surface area contributed by atoms with Crippen molar-refractivity contribution in [2.45, 2.75) is 24.3 Å². The Morgan fingerprint density at radius 3 is 1.74 bits per heavy atom. The maximum Gasteiger partial charge on any atom is 0.252 e. The van der Waals surface area contributed by atoms with Crippen molar-refractivity contribution in [3.05, 3.63) is 60.2 Å². The quantitative estimate of drug-likeness (QED) is 0.531. The SMILES string of the molecule is CC(SC(C)C(=O)N/N=C/c1cccnc1)C(=O)NN=Cc1cccnc1. The number of pyridine rings is 2. The lowest BCUT2D eigenvalue weighted by Gasteiger charge is -2.14. The Bertz CT molecular complexity index is 731. The van der Waals surface area contributed by atoms with Gasteiger partial charge in [-0.3, -0.25) is 19.6 Å². The zero-order chi connectivity index (χ0) is 19.5. The van der Waals surface area contributed by atoms with Crippen LogP contribution in [-0.2, 0) is 9.59 Å². The third-order valence-electron chi connectivity index (χ3n) is 3.29. The second-order valence-corrected chi connectivity index (χ2v) is 7.15. The topological polar surface area (TPSA) is 109 Å². The summed E-state index contributed by atoms with van der Waals surface area (Å²) >= 11 is 1.21. The number of carbonyl (C=O) groups excluding carboxylic acids is 2. The van der Waals surface area contributed by atoms with Crippen molar-refractivity contribution in [2.75, 3.05) is 0 Å². The molecule has 0 aliphatic rings. The van der Waals surface area contributed by atoms with Crippen LogP contribution in [0.15, 0.2) is 59.3 Å². The van der Waals surface area contributed by atoms with Crippen molar-refractivity contribution >= 4 is 36.0 Å². The van der Waals surface area contributed by atoms with Crippen molar-refractivity contribution in [3.8, 4) is 0 Å². The second-order valence-electron chi connectivity index (χ2n) is 5.46. The molecule has 8 nitrogen and oxygen atoms in total. The lowest BCUT2D eigenvalue weighted by atomic mass is 10.3. The Kier molecular flexibility index (Phi) is 8.11. The predicted octanol–water partition coefficient (Wildman–Crippen LogP) is 1.59. The van der Waals surface area contributed by atoms with E-state index in [0.29, 0.717) is 0 Å². The van der Waals surface area contributed by atoms with Gasteiger partial charge in [-0.25, -0.2) is 10.9 Å². The zero-order valence-electron chi connectivity index (χ0n) is 14.9. The molecule has 2 aromatic rings. The van der Waals surface area contributed by atoms with E-state index in [9.17, 15) is 9.59 Å². The molecule has 2 aromatic heterocycles. The molecule has 2 atom stereocenters. The van der Waals surface area contributed by atoms with Crippen molar-refractivity contribution in [3.63, 3.8) is 0 Å². The lowest BCUT2D eigenvalue weighted by Crippen LogP contribution is -2.33. The average molecular weight is 384 g/mol. The number of hydrogen-bond acceptors (Lipinski definition) is 7. The van der Waals surface area contributed by atoms with Gasteiger partial charge >= 0.3 is 0 Å². The summed E-state index contributed by atoms with van der Waals surface area (Å²) in [5.74, 6) is -0.586. The molecule has 0 aliphatic heterocycles. The second kappa shape index (κ2) is 10.8. The van der Waals surface area contributed by atoms with Crippen molar-refractivity contribution in [1.29, 1.82) is 0 Å². The first-order chi connectivity index (χ1) is 13.1. The van der Waals surface area contributed by atoms with Gasteiger partial charge < -0.3 is 0 Å². The first-order valence-electron chi connectivity index (χ1n) is 8.17. The highest BCUT2D eigenvalue weighted by molar-refractivity contribution is 8.01. The van der Waals surface area contributed by atoms with Gasteiger partial charge in [0.15, 0.2) is 0 Å². The highest BCUT2D eigenvalue weighted by atomic mass is 32.2. The molecule has 0 bridgehead atoms. The summed E-state index contributed by atoms with van der Waals surface area (Å²) in [6.45, 7) is 3.42. The molecular weight excluding hydrogens is 364 g/mol. The van der Waals surface area contributed by atoms with Gasteiger partial charge in [0.05, 0.1) is 22.9 Å². The largest absolute Gasteiger partial charge is 0.272 e. The molecule has 2 N–H and O–H groups in total. The minimum atomic E-state index is -0.459. The van der Waals surface area contributed by atoms with Crippen LogP contribution >= 0.6 is 11.8 Å². The van der Waals surface area contributed by atoms with Gasteiger partial charge in [-0.05, 0) is 26.0 Å². The first-order valence-corrected chi connectivity index (χ1v) is 9.12. The van der Waals surface area contributed by atoms with E-state index in [2.05, 4.69) is 31.0 Å². The Morgan fingerprint density at radius 2 is 1.37 bits per heavy atom. The highest BCUT2D eigenvalue weighted by Crippen LogP contribution is 2.17. The number of hydrazone groups is 2. The van der Waals surface area contributed by atoms with E-state index in [1.165, 1.54) is 24.2 Å². The van der Waals surface area contributed by atoms with Crippen LogP contribution in [0.2, 0.25) is 0 Å². The number of aromatic nitrogens is 2. The summed E-state index contributed by atoms with van der Waals surface area (Å²) < 4.78 is 0. The van der Waals surface area contributed by atoms with Crippen molar-refractivity contribution < 1.29 is 9.59 Å². The van der Waals surface area contributed by atoms with Gasteiger partial charge in [-0.15, -0.1) is 11.8 Å². The van der Waals surface area contributed by atoms with Gasteiger partial charge in [0.25, 0.3) is 11.8 Å². The Hall–Kier alpha value is -3.07. The smallest absolute Gasteiger partial charge is 0.252 e. The van der Waals surface area contributed by atoms with Gasteiger partial charge in [0, 0.05) is 35.9 Å². The van der Waals surface area contributed by atoms with Crippen LogP contribution in [0.25, 0.3) is 0 Å². The molecule has 0 aliphatic carbocycles. The normalized spacial score (nSPS) is 13.4. The van der Waals surface area contributed by atoms with E-state index in [1.807, 2.05) is 12.1 Å². The molecule has 0 spiro atoms. The summed E-state index contributed by atoms with van der Waals surface area (Å²) in [6.07, 6.45) is 9.58. The molecule has 0 fully saturated rings. The van der Waals surface area contributed by atoms with Crippen LogP contribution in [-0.4, -0.2) is 44.7 Å². The number of thioether (sulfide) groups is 1. The number of nitrogens with zero attached hydrogens (tertiary/aromatic N) is 4. The minimum absolute atomic E-state index is 0.293. The van der Waals surface area contributed by atoms with Gasteiger partial charge in [-0.1, -0.05) is 12.1 Å². The molecule has 2 heterocycles. The van der Waals surface area contributed by atoms with E-state index < -0.39 is 10.5 Å². The third kappa shape index (κ3) is 7.37. The average Bonchev–Trinajstić information content (AvgIpc) is 2.69.